The lowest BCUT2D eigenvalue weighted by molar-refractivity contribution is 0.303. The Balaban J connectivity index is 1.75. The fraction of sp³-hybridized carbons (Fsp3) is 0.389. The predicted molar refractivity (Wildman–Crippen MR) is 84.5 cm³/mol. The summed E-state index contributed by atoms with van der Waals surface area (Å²) < 4.78 is 6.05. The average Bonchev–Trinajstić information content (AvgIpc) is 2.90. The van der Waals surface area contributed by atoms with E-state index in [9.17, 15) is 0 Å². The van der Waals surface area contributed by atoms with Gasteiger partial charge in [0.1, 0.15) is 12.4 Å². The zero-order chi connectivity index (χ0) is 14.7. The van der Waals surface area contributed by atoms with Crippen LogP contribution in [0.5, 0.6) is 5.75 Å². The fourth-order valence-corrected chi connectivity index (χ4v) is 3.07. The first kappa shape index (κ1) is 14.1. The van der Waals surface area contributed by atoms with Crippen molar-refractivity contribution in [2.45, 2.75) is 39.3 Å². The normalized spacial score (nSPS) is 16.8. The van der Waals surface area contributed by atoms with Gasteiger partial charge in [0.2, 0.25) is 0 Å². The van der Waals surface area contributed by atoms with Gasteiger partial charge in [0.25, 0.3) is 0 Å². The van der Waals surface area contributed by atoms with E-state index in [1.165, 1.54) is 16.7 Å². The van der Waals surface area contributed by atoms with Gasteiger partial charge in [0.15, 0.2) is 0 Å². The molecule has 0 amide bonds. The summed E-state index contributed by atoms with van der Waals surface area (Å²) in [5.74, 6) is 1.02. The first-order chi connectivity index (χ1) is 10.3. The van der Waals surface area contributed by atoms with Crippen molar-refractivity contribution in [1.82, 2.24) is 10.3 Å². The minimum atomic E-state index is 0.481. The van der Waals surface area contributed by atoms with E-state index in [4.69, 9.17) is 4.74 Å². The molecule has 3 nitrogen and oxygen atoms in total. The molecule has 1 aromatic carbocycles. The molecule has 1 N–H and O–H groups in total. The summed E-state index contributed by atoms with van der Waals surface area (Å²) in [5, 5.41) is 3.54. The summed E-state index contributed by atoms with van der Waals surface area (Å²) in [6.45, 7) is 5.79. The number of benzene rings is 1. The van der Waals surface area contributed by atoms with Gasteiger partial charge in [-0.25, -0.2) is 0 Å². The van der Waals surface area contributed by atoms with Gasteiger partial charge in [-0.3, -0.25) is 4.98 Å². The molecule has 110 valence electrons. The van der Waals surface area contributed by atoms with Crippen LogP contribution in [0.15, 0.2) is 36.7 Å². The van der Waals surface area contributed by atoms with Crippen molar-refractivity contribution in [3.8, 4) is 5.75 Å². The van der Waals surface area contributed by atoms with Gasteiger partial charge >= 0.3 is 0 Å². The number of aryl methyl sites for hydroxylation is 1. The molecular formula is C18H22N2O. The standard InChI is InChI=1S/C18H22N2O/c1-3-20-17-8-7-16-15(17)5-4-6-18(16)21-12-14-9-13(2)10-19-11-14/h4-6,9-11,17,20H,3,7-8,12H2,1-2H3. The molecule has 0 spiro atoms. The number of aromatic nitrogens is 1. The van der Waals surface area contributed by atoms with Crippen LogP contribution in [0.4, 0.5) is 0 Å². The lowest BCUT2D eigenvalue weighted by atomic mass is 10.1. The van der Waals surface area contributed by atoms with Crippen molar-refractivity contribution in [1.29, 1.82) is 0 Å². The summed E-state index contributed by atoms with van der Waals surface area (Å²) in [7, 11) is 0. The van der Waals surface area contributed by atoms with Crippen LogP contribution in [0.3, 0.4) is 0 Å². The van der Waals surface area contributed by atoms with Crippen molar-refractivity contribution < 1.29 is 4.74 Å². The predicted octanol–water partition coefficient (Wildman–Crippen LogP) is 3.57. The molecule has 1 aromatic heterocycles. The van der Waals surface area contributed by atoms with Crippen LogP contribution in [0, 0.1) is 6.92 Å². The molecule has 0 bridgehead atoms. The van der Waals surface area contributed by atoms with Crippen molar-refractivity contribution in [3.63, 3.8) is 0 Å². The van der Waals surface area contributed by atoms with E-state index < -0.39 is 0 Å². The monoisotopic (exact) mass is 282 g/mol. The molecule has 1 aliphatic rings. The van der Waals surface area contributed by atoms with Gasteiger partial charge in [-0.05, 0) is 55.1 Å². The molecule has 0 radical (unpaired) electrons. The quantitative estimate of drug-likeness (QED) is 0.910. The van der Waals surface area contributed by atoms with Crippen LogP contribution in [0.2, 0.25) is 0 Å². The average molecular weight is 282 g/mol. The van der Waals surface area contributed by atoms with E-state index in [-0.39, 0.29) is 0 Å². The molecule has 3 heteroatoms. The topological polar surface area (TPSA) is 34.1 Å². The number of nitrogens with zero attached hydrogens (tertiary/aromatic N) is 1. The molecular weight excluding hydrogens is 260 g/mol. The highest BCUT2D eigenvalue weighted by Crippen LogP contribution is 2.37. The van der Waals surface area contributed by atoms with Crippen molar-refractivity contribution in [3.05, 3.63) is 58.9 Å². The molecule has 1 unspecified atom stereocenters. The van der Waals surface area contributed by atoms with Gasteiger partial charge in [-0.1, -0.05) is 19.1 Å². The molecule has 21 heavy (non-hydrogen) atoms. The number of hydrogen-bond donors (Lipinski definition) is 1. The summed E-state index contributed by atoms with van der Waals surface area (Å²) in [6, 6.07) is 9.00. The third-order valence-corrected chi connectivity index (χ3v) is 4.00. The molecule has 3 rings (SSSR count). The van der Waals surface area contributed by atoms with Gasteiger partial charge in [0.05, 0.1) is 0 Å². The third kappa shape index (κ3) is 3.08. The Morgan fingerprint density at radius 3 is 3.05 bits per heavy atom. The lowest BCUT2D eigenvalue weighted by Crippen LogP contribution is -2.18. The molecule has 0 fully saturated rings. The number of rotatable bonds is 5. The Hall–Kier alpha value is -1.87. The van der Waals surface area contributed by atoms with Crippen LogP contribution in [-0.4, -0.2) is 11.5 Å². The minimum Gasteiger partial charge on any atom is -0.489 e. The van der Waals surface area contributed by atoms with Crippen molar-refractivity contribution >= 4 is 0 Å². The molecule has 0 aliphatic heterocycles. The van der Waals surface area contributed by atoms with Gasteiger partial charge in [0, 0.05) is 24.0 Å². The Kier molecular flexibility index (Phi) is 4.20. The van der Waals surface area contributed by atoms with Crippen LogP contribution >= 0.6 is 0 Å². The summed E-state index contributed by atoms with van der Waals surface area (Å²) in [6.07, 6.45) is 5.99. The second-order valence-corrected chi connectivity index (χ2v) is 5.63. The molecule has 1 heterocycles. The second kappa shape index (κ2) is 6.27. The molecule has 0 saturated heterocycles. The number of pyridine rings is 1. The highest BCUT2D eigenvalue weighted by molar-refractivity contribution is 5.45. The van der Waals surface area contributed by atoms with Crippen LogP contribution in [0.1, 0.15) is 41.6 Å². The number of ether oxygens (including phenoxy) is 1. The van der Waals surface area contributed by atoms with Crippen molar-refractivity contribution in [2.24, 2.45) is 0 Å². The maximum absolute atomic E-state index is 6.05. The SMILES string of the molecule is CCNC1CCc2c(OCc3cncc(C)c3)cccc21. The van der Waals surface area contributed by atoms with Gasteiger partial charge in [-0.15, -0.1) is 0 Å². The van der Waals surface area contributed by atoms with Crippen LogP contribution in [-0.2, 0) is 13.0 Å². The number of nitrogens with one attached hydrogen (secondary N) is 1. The summed E-state index contributed by atoms with van der Waals surface area (Å²) in [4.78, 5) is 4.22. The van der Waals surface area contributed by atoms with Gasteiger partial charge < -0.3 is 10.1 Å². The highest BCUT2D eigenvalue weighted by Gasteiger charge is 2.24. The van der Waals surface area contributed by atoms with E-state index in [1.54, 1.807) is 0 Å². The summed E-state index contributed by atoms with van der Waals surface area (Å²) in [5.41, 5.74) is 5.05. The van der Waals surface area contributed by atoms with E-state index in [2.05, 4.69) is 48.4 Å². The first-order valence-electron chi connectivity index (χ1n) is 7.66. The second-order valence-electron chi connectivity index (χ2n) is 5.63. The van der Waals surface area contributed by atoms with E-state index in [0.717, 1.165) is 30.7 Å². The largest absolute Gasteiger partial charge is 0.489 e. The summed E-state index contributed by atoms with van der Waals surface area (Å²) >= 11 is 0. The molecule has 1 aliphatic carbocycles. The smallest absolute Gasteiger partial charge is 0.123 e. The highest BCUT2D eigenvalue weighted by atomic mass is 16.5. The lowest BCUT2D eigenvalue weighted by Gasteiger charge is -2.14. The Morgan fingerprint density at radius 1 is 1.33 bits per heavy atom. The van der Waals surface area contributed by atoms with Crippen molar-refractivity contribution in [2.75, 3.05) is 6.54 Å². The third-order valence-electron chi connectivity index (χ3n) is 4.00. The maximum atomic E-state index is 6.05. The van der Waals surface area contributed by atoms with E-state index >= 15 is 0 Å². The molecule has 2 aromatic rings. The molecule has 0 saturated carbocycles. The Morgan fingerprint density at radius 2 is 2.24 bits per heavy atom. The number of hydrogen-bond acceptors (Lipinski definition) is 3. The van der Waals surface area contributed by atoms with E-state index in [1.807, 2.05) is 12.4 Å². The number of fused-ring (bicyclic) bond motifs is 1. The van der Waals surface area contributed by atoms with Crippen LogP contribution < -0.4 is 10.1 Å². The first-order valence-corrected chi connectivity index (χ1v) is 7.66. The Labute approximate surface area is 126 Å². The Bertz CT molecular complexity index is 624. The van der Waals surface area contributed by atoms with Crippen LogP contribution in [0.25, 0.3) is 0 Å². The zero-order valence-corrected chi connectivity index (χ0v) is 12.7. The van der Waals surface area contributed by atoms with Gasteiger partial charge in [-0.2, -0.15) is 0 Å². The van der Waals surface area contributed by atoms with E-state index in [0.29, 0.717) is 12.6 Å². The minimum absolute atomic E-state index is 0.481. The zero-order valence-electron chi connectivity index (χ0n) is 12.7. The molecule has 1 atom stereocenters. The maximum Gasteiger partial charge on any atom is 0.123 e. The fourth-order valence-electron chi connectivity index (χ4n) is 3.07.